The highest BCUT2D eigenvalue weighted by Gasteiger charge is 2.20. The molecule has 7 nitrogen and oxygen atoms in total. The van der Waals surface area contributed by atoms with Crippen LogP contribution in [0.25, 0.3) is 0 Å². The highest BCUT2D eigenvalue weighted by molar-refractivity contribution is 5.97. The molecule has 2 aromatic carbocycles. The third-order valence-corrected chi connectivity index (χ3v) is 3.74. The number of rotatable bonds is 5. The molecule has 0 radical (unpaired) electrons. The topological polar surface area (TPSA) is 93.7 Å². The third kappa shape index (κ3) is 7.29. The van der Waals surface area contributed by atoms with Crippen molar-refractivity contribution in [2.45, 2.75) is 46.3 Å². The summed E-state index contributed by atoms with van der Waals surface area (Å²) in [6.07, 6.45) is -1.56. The molecule has 2 N–H and O–H groups in total. The number of benzene rings is 2. The van der Waals surface area contributed by atoms with Crippen LogP contribution in [0.5, 0.6) is 0 Å². The zero-order valence-corrected chi connectivity index (χ0v) is 17.2. The van der Waals surface area contributed by atoms with Crippen LogP contribution in [0, 0.1) is 6.92 Å². The van der Waals surface area contributed by atoms with E-state index in [1.165, 1.54) is 19.1 Å². The summed E-state index contributed by atoms with van der Waals surface area (Å²) >= 11 is 0. The molecule has 0 saturated carbocycles. The number of aryl methyl sites for hydroxylation is 1. The number of amides is 2. The molecule has 0 heterocycles. The lowest BCUT2D eigenvalue weighted by Gasteiger charge is -2.19. The molecular weight excluding hydrogens is 372 g/mol. The van der Waals surface area contributed by atoms with Gasteiger partial charge in [0, 0.05) is 11.4 Å². The SMILES string of the molecule is Cc1ccc(NC(=O)[C@H](C)OC(=O)c2ccc(NC(=O)OC(C)(C)C)cc2)cc1. The molecule has 0 saturated heterocycles. The van der Waals surface area contributed by atoms with Gasteiger partial charge in [-0.15, -0.1) is 0 Å². The highest BCUT2D eigenvalue weighted by Crippen LogP contribution is 2.15. The van der Waals surface area contributed by atoms with Crippen LogP contribution in [-0.2, 0) is 14.3 Å². The Balaban J connectivity index is 1.90. The summed E-state index contributed by atoms with van der Waals surface area (Å²) in [7, 11) is 0. The fourth-order valence-corrected chi connectivity index (χ4v) is 2.27. The Hall–Kier alpha value is -3.35. The van der Waals surface area contributed by atoms with E-state index in [0.29, 0.717) is 11.4 Å². The van der Waals surface area contributed by atoms with E-state index >= 15 is 0 Å². The van der Waals surface area contributed by atoms with Gasteiger partial charge in [0.1, 0.15) is 5.60 Å². The van der Waals surface area contributed by atoms with Crippen molar-refractivity contribution < 1.29 is 23.9 Å². The number of ether oxygens (including phenoxy) is 2. The Morgan fingerprint density at radius 3 is 1.93 bits per heavy atom. The number of nitrogens with one attached hydrogen (secondary N) is 2. The first-order valence-electron chi connectivity index (χ1n) is 9.22. The van der Waals surface area contributed by atoms with E-state index in [2.05, 4.69) is 10.6 Å². The van der Waals surface area contributed by atoms with Crippen LogP contribution in [0.15, 0.2) is 48.5 Å². The molecule has 0 aliphatic carbocycles. The van der Waals surface area contributed by atoms with Gasteiger partial charge in [-0.3, -0.25) is 10.1 Å². The Morgan fingerprint density at radius 1 is 0.862 bits per heavy atom. The minimum atomic E-state index is -0.969. The van der Waals surface area contributed by atoms with Crippen molar-refractivity contribution in [3.05, 3.63) is 59.7 Å². The van der Waals surface area contributed by atoms with Gasteiger partial charge in [0.05, 0.1) is 5.56 Å². The van der Waals surface area contributed by atoms with Gasteiger partial charge >= 0.3 is 12.1 Å². The summed E-state index contributed by atoms with van der Waals surface area (Å²) in [4.78, 5) is 36.2. The monoisotopic (exact) mass is 398 g/mol. The van der Waals surface area contributed by atoms with Gasteiger partial charge in [-0.2, -0.15) is 0 Å². The average Bonchev–Trinajstić information content (AvgIpc) is 2.62. The highest BCUT2D eigenvalue weighted by atomic mass is 16.6. The van der Waals surface area contributed by atoms with Gasteiger partial charge in [-0.25, -0.2) is 9.59 Å². The molecule has 2 amide bonds. The fraction of sp³-hybridized carbons (Fsp3) is 0.318. The first-order chi connectivity index (χ1) is 13.5. The number of carbonyl (C=O) groups excluding carboxylic acids is 3. The largest absolute Gasteiger partial charge is 0.449 e. The van der Waals surface area contributed by atoms with Gasteiger partial charge < -0.3 is 14.8 Å². The van der Waals surface area contributed by atoms with Crippen molar-refractivity contribution in [3.63, 3.8) is 0 Å². The van der Waals surface area contributed by atoms with E-state index < -0.39 is 29.7 Å². The van der Waals surface area contributed by atoms with Crippen LogP contribution in [0.2, 0.25) is 0 Å². The lowest BCUT2D eigenvalue weighted by Crippen LogP contribution is -2.30. The molecule has 0 aliphatic rings. The van der Waals surface area contributed by atoms with Gasteiger partial charge in [0.2, 0.25) is 0 Å². The van der Waals surface area contributed by atoms with Gasteiger partial charge in [-0.1, -0.05) is 17.7 Å². The molecule has 0 aromatic heterocycles. The van der Waals surface area contributed by atoms with Crippen LogP contribution < -0.4 is 10.6 Å². The minimum Gasteiger partial charge on any atom is -0.449 e. The standard InChI is InChI=1S/C22H26N2O5/c1-14-6-10-17(11-7-14)23-19(25)15(2)28-20(26)16-8-12-18(13-9-16)24-21(27)29-22(3,4)5/h6-13,15H,1-5H3,(H,23,25)(H,24,27)/t15-/m0/s1. The van der Waals surface area contributed by atoms with Crippen LogP contribution >= 0.6 is 0 Å². The third-order valence-electron chi connectivity index (χ3n) is 3.74. The molecule has 7 heteroatoms. The van der Waals surface area contributed by atoms with Crippen molar-refractivity contribution in [2.75, 3.05) is 10.6 Å². The summed E-state index contributed by atoms with van der Waals surface area (Å²) in [5.74, 6) is -1.06. The number of carbonyl (C=O) groups is 3. The molecule has 2 rings (SSSR count). The Morgan fingerprint density at radius 2 is 1.38 bits per heavy atom. The Bertz CT molecular complexity index is 868. The first-order valence-corrected chi connectivity index (χ1v) is 9.22. The molecule has 0 aliphatic heterocycles. The second-order valence-electron chi connectivity index (χ2n) is 7.61. The van der Waals surface area contributed by atoms with E-state index in [1.807, 2.05) is 19.1 Å². The lowest BCUT2D eigenvalue weighted by molar-refractivity contribution is -0.123. The van der Waals surface area contributed by atoms with Crippen LogP contribution in [0.3, 0.4) is 0 Å². The van der Waals surface area contributed by atoms with Gasteiger partial charge in [-0.05, 0) is 71.0 Å². The molecule has 0 unspecified atom stereocenters. The maximum absolute atomic E-state index is 12.3. The summed E-state index contributed by atoms with van der Waals surface area (Å²) in [6.45, 7) is 8.75. The number of hydrogen-bond donors (Lipinski definition) is 2. The summed E-state index contributed by atoms with van der Waals surface area (Å²) in [6, 6.07) is 13.4. The van der Waals surface area contributed by atoms with Crippen molar-refractivity contribution in [1.29, 1.82) is 0 Å². The maximum atomic E-state index is 12.3. The van der Waals surface area contributed by atoms with Crippen molar-refractivity contribution >= 4 is 29.3 Å². The number of esters is 1. The summed E-state index contributed by atoms with van der Waals surface area (Å²) in [5, 5.41) is 5.27. The predicted molar refractivity (Wildman–Crippen MR) is 111 cm³/mol. The fourth-order valence-electron chi connectivity index (χ4n) is 2.27. The van der Waals surface area contributed by atoms with Gasteiger partial charge in [0.25, 0.3) is 5.91 Å². The van der Waals surface area contributed by atoms with Crippen molar-refractivity contribution in [3.8, 4) is 0 Å². The molecule has 0 spiro atoms. The molecule has 2 aromatic rings. The lowest BCUT2D eigenvalue weighted by atomic mass is 10.2. The molecule has 0 bridgehead atoms. The zero-order valence-electron chi connectivity index (χ0n) is 17.2. The van der Waals surface area contributed by atoms with E-state index in [-0.39, 0.29) is 5.56 Å². The van der Waals surface area contributed by atoms with E-state index in [9.17, 15) is 14.4 Å². The maximum Gasteiger partial charge on any atom is 0.412 e. The zero-order chi connectivity index (χ0) is 21.6. The van der Waals surface area contributed by atoms with E-state index in [1.54, 1.807) is 45.0 Å². The molecule has 29 heavy (non-hydrogen) atoms. The normalized spacial score (nSPS) is 11.9. The van der Waals surface area contributed by atoms with Crippen molar-refractivity contribution in [2.24, 2.45) is 0 Å². The number of anilines is 2. The predicted octanol–water partition coefficient (Wildman–Crippen LogP) is 4.53. The smallest absolute Gasteiger partial charge is 0.412 e. The summed E-state index contributed by atoms with van der Waals surface area (Å²) < 4.78 is 10.4. The van der Waals surface area contributed by atoms with Crippen LogP contribution in [0.4, 0.5) is 16.2 Å². The minimum absolute atomic E-state index is 0.259. The van der Waals surface area contributed by atoms with Crippen LogP contribution in [0.1, 0.15) is 43.6 Å². The van der Waals surface area contributed by atoms with Crippen LogP contribution in [-0.4, -0.2) is 29.7 Å². The second kappa shape index (κ2) is 9.23. The van der Waals surface area contributed by atoms with E-state index in [0.717, 1.165) is 5.56 Å². The number of hydrogen-bond acceptors (Lipinski definition) is 5. The van der Waals surface area contributed by atoms with Gasteiger partial charge in [0.15, 0.2) is 6.10 Å². The second-order valence-corrected chi connectivity index (χ2v) is 7.61. The summed E-state index contributed by atoms with van der Waals surface area (Å²) in [5.41, 5.74) is 1.83. The molecule has 154 valence electrons. The molecular formula is C22H26N2O5. The Kier molecular flexibility index (Phi) is 6.98. The molecule has 0 fully saturated rings. The van der Waals surface area contributed by atoms with E-state index in [4.69, 9.17) is 9.47 Å². The quantitative estimate of drug-likeness (QED) is 0.722. The molecule has 1 atom stereocenters. The average molecular weight is 398 g/mol. The van der Waals surface area contributed by atoms with Crippen molar-refractivity contribution in [1.82, 2.24) is 0 Å². The Labute approximate surface area is 170 Å². The first kappa shape index (κ1) is 21.9.